The Bertz CT molecular complexity index is 2690. The molecule has 15 heteroatoms. The molecule has 3 aliphatic rings. The summed E-state index contributed by atoms with van der Waals surface area (Å²) in [6.45, 7) is 13.2. The second-order valence-electron chi connectivity index (χ2n) is 18.2. The van der Waals surface area contributed by atoms with Gasteiger partial charge in [-0.3, -0.25) is 19.1 Å². The molecule has 12 nitrogen and oxygen atoms in total. The molecule has 3 aromatic carbocycles. The van der Waals surface area contributed by atoms with Crippen molar-refractivity contribution in [3.63, 3.8) is 0 Å². The van der Waals surface area contributed by atoms with Gasteiger partial charge in [-0.15, -0.1) is 6.58 Å². The van der Waals surface area contributed by atoms with Crippen molar-refractivity contribution in [3.05, 3.63) is 96.6 Å². The first kappa shape index (κ1) is 43.0. The third kappa shape index (κ3) is 8.55. The molecule has 2 amide bonds. The van der Waals surface area contributed by atoms with Gasteiger partial charge in [0.25, 0.3) is 5.88 Å². The van der Waals surface area contributed by atoms with E-state index in [1.807, 2.05) is 77.1 Å². The highest BCUT2D eigenvalue weighted by Crippen LogP contribution is 2.57. The van der Waals surface area contributed by atoms with Gasteiger partial charge < -0.3 is 18.8 Å². The van der Waals surface area contributed by atoms with Crippen molar-refractivity contribution in [2.24, 2.45) is 22.7 Å². The minimum Gasteiger partial charge on any atom is -0.491 e. The predicted octanol–water partition coefficient (Wildman–Crippen LogP) is 8.12. The number of amides is 2. The van der Waals surface area contributed by atoms with E-state index in [4.69, 9.17) is 23.9 Å². The van der Waals surface area contributed by atoms with Gasteiger partial charge in [0.1, 0.15) is 23.0 Å². The molecule has 2 saturated carbocycles. The molecule has 1 N–H and O–H groups in total. The zero-order valence-electron chi connectivity index (χ0n) is 35.3. The number of sulfonamides is 1. The maximum absolute atomic E-state index is 15.0. The van der Waals surface area contributed by atoms with Crippen molar-refractivity contribution < 1.29 is 45.5 Å². The van der Waals surface area contributed by atoms with E-state index in [1.54, 1.807) is 12.1 Å². The first-order valence-electron chi connectivity index (χ1n) is 21.0. The van der Waals surface area contributed by atoms with E-state index in [-0.39, 0.29) is 49.8 Å². The van der Waals surface area contributed by atoms with Gasteiger partial charge in [0.05, 0.1) is 29.4 Å². The van der Waals surface area contributed by atoms with Gasteiger partial charge >= 0.3 is 0 Å². The van der Waals surface area contributed by atoms with Crippen LogP contribution in [0.2, 0.25) is 0 Å². The monoisotopic (exact) mass is 868 g/mol. The Balaban J connectivity index is 1.15. The first-order valence-corrected chi connectivity index (χ1v) is 22.5. The summed E-state index contributed by atoms with van der Waals surface area (Å²) in [5, 5.41) is 0.0782. The van der Waals surface area contributed by atoms with Crippen LogP contribution in [0, 0.1) is 34.3 Å². The minimum absolute atomic E-state index is 0.00569. The molecule has 2 aromatic heterocycles. The summed E-state index contributed by atoms with van der Waals surface area (Å²) in [5.41, 5.74) is 0.321. The van der Waals surface area contributed by atoms with E-state index in [9.17, 15) is 31.6 Å². The summed E-state index contributed by atoms with van der Waals surface area (Å²) in [7, 11) is -3.91. The average Bonchev–Trinajstić information content (AvgIpc) is 4.12. The quantitative estimate of drug-likeness (QED) is 0.102. The van der Waals surface area contributed by atoms with Gasteiger partial charge in [0.2, 0.25) is 27.4 Å². The summed E-state index contributed by atoms with van der Waals surface area (Å²) in [6, 6.07) is 17.1. The third-order valence-corrected chi connectivity index (χ3v) is 14.0. The molecule has 8 rings (SSSR count). The zero-order valence-corrected chi connectivity index (χ0v) is 36.1. The van der Waals surface area contributed by atoms with Gasteiger partial charge in [0.15, 0.2) is 23.2 Å². The van der Waals surface area contributed by atoms with Crippen molar-refractivity contribution in [1.29, 1.82) is 0 Å². The third-order valence-electron chi connectivity index (χ3n) is 12.2. The van der Waals surface area contributed by atoms with Crippen LogP contribution in [0.3, 0.4) is 0 Å². The number of para-hydroxylation sites is 1. The highest BCUT2D eigenvalue weighted by molar-refractivity contribution is 7.90. The largest absolute Gasteiger partial charge is 0.491 e. The fourth-order valence-corrected chi connectivity index (χ4v) is 9.88. The van der Waals surface area contributed by atoms with Crippen LogP contribution in [0.5, 0.6) is 11.6 Å². The highest BCUT2D eigenvalue weighted by Gasteiger charge is 2.61. The Morgan fingerprint density at radius 3 is 2.40 bits per heavy atom. The number of nitrogens with one attached hydrogen (secondary N) is 1. The van der Waals surface area contributed by atoms with Crippen molar-refractivity contribution in [3.8, 4) is 23.0 Å². The highest BCUT2D eigenvalue weighted by atomic mass is 32.2. The number of halogens is 2. The number of nitrogens with zero attached hydrogens (tertiary/aromatic N) is 3. The number of carbonyl (C=O) groups excluding carboxylic acids is 3. The molecule has 0 radical (unpaired) electrons. The summed E-state index contributed by atoms with van der Waals surface area (Å²) in [6.07, 6.45) is 1.54. The standard InChI is InChI=1S/C47H50F2N4O8S/c1-7-29-23-47(29,45(56)52-62(57,58)32-17-18-32)24-38(54)37-22-31(25-53(37)44(55)34(46(4,5)6)20-27-12-19-35(48)36(49)21-27)60-43-41-40(33-10-8-9-11-39(33)61-41)50-42(51-43)28-13-15-30(16-14-28)59-26(2)3/h7-16,19,21,26,29,31-32,34,37H,1,17-18,20,22-25H2,2-6H3,(H,52,56)/t29-,31-,34-,37+,47-/m1/s1. The van der Waals surface area contributed by atoms with Gasteiger partial charge in [-0.25, -0.2) is 22.2 Å². The summed E-state index contributed by atoms with van der Waals surface area (Å²) in [4.78, 5) is 54.6. The number of ether oxygens (including phenoxy) is 2. The van der Waals surface area contributed by atoms with Crippen LogP contribution in [0.4, 0.5) is 8.78 Å². The lowest BCUT2D eigenvalue weighted by molar-refractivity contribution is -0.144. The Hall–Kier alpha value is -5.70. The Labute approximate surface area is 359 Å². The first-order chi connectivity index (χ1) is 29.4. The van der Waals surface area contributed by atoms with Crippen LogP contribution in [-0.2, 0) is 30.8 Å². The minimum atomic E-state index is -3.91. The number of benzene rings is 3. The van der Waals surface area contributed by atoms with Crippen molar-refractivity contribution in [2.45, 2.75) is 96.6 Å². The number of likely N-dealkylation sites (tertiary alicyclic amines) is 1. The van der Waals surface area contributed by atoms with Crippen LogP contribution in [0.25, 0.3) is 33.5 Å². The number of carbonyl (C=O) groups is 3. The lowest BCUT2D eigenvalue weighted by atomic mass is 9.76. The van der Waals surface area contributed by atoms with E-state index < -0.39 is 79.3 Å². The average molecular weight is 869 g/mol. The van der Waals surface area contributed by atoms with E-state index >= 15 is 0 Å². The molecule has 326 valence electrons. The molecule has 62 heavy (non-hydrogen) atoms. The molecule has 5 atom stereocenters. The lowest BCUT2D eigenvalue weighted by Crippen LogP contribution is -2.48. The number of fused-ring (bicyclic) bond motifs is 3. The number of aromatic nitrogens is 2. The molecule has 0 spiro atoms. The molecular formula is C47H50F2N4O8S. The number of ketones is 1. The number of rotatable bonds is 15. The normalized spacial score (nSPS) is 21.9. The molecule has 0 unspecified atom stereocenters. The SMILES string of the molecule is C=C[C@@H]1C[C@]1(CC(=O)[C@@H]1C[C@@H](Oc2nc(-c3ccc(OC(C)C)cc3)nc3c2oc2ccccc23)CN1C(=O)[C@@H](Cc1ccc(F)c(F)c1)C(C)(C)C)C(=O)NS(=O)(=O)C1CC1. The second-order valence-corrected chi connectivity index (χ2v) is 20.2. The van der Waals surface area contributed by atoms with Gasteiger partial charge in [-0.1, -0.05) is 45.0 Å². The fourth-order valence-electron chi connectivity index (χ4n) is 8.49. The fraction of sp³-hybridized carbons (Fsp3) is 0.426. The second kappa shape index (κ2) is 16.2. The molecular weight excluding hydrogens is 819 g/mol. The molecule has 1 saturated heterocycles. The number of furan rings is 1. The zero-order chi connectivity index (χ0) is 44.3. The summed E-state index contributed by atoms with van der Waals surface area (Å²) >= 11 is 0. The maximum atomic E-state index is 15.0. The van der Waals surface area contributed by atoms with Gasteiger partial charge in [-0.2, -0.15) is 4.98 Å². The summed E-state index contributed by atoms with van der Waals surface area (Å²) in [5.74, 6) is -3.84. The smallest absolute Gasteiger partial charge is 0.262 e. The number of Topliss-reactive ketones (excluding diaryl/α,β-unsaturated/α-hetero) is 1. The molecule has 3 fully saturated rings. The number of allylic oxidation sites excluding steroid dienone is 1. The van der Waals surface area contributed by atoms with Gasteiger partial charge in [-0.05, 0) is 105 Å². The van der Waals surface area contributed by atoms with Crippen LogP contribution in [-0.4, -0.2) is 70.9 Å². The van der Waals surface area contributed by atoms with Crippen LogP contribution in [0.1, 0.15) is 72.3 Å². The molecule has 2 aliphatic carbocycles. The van der Waals surface area contributed by atoms with Crippen LogP contribution < -0.4 is 14.2 Å². The van der Waals surface area contributed by atoms with E-state index in [2.05, 4.69) is 11.3 Å². The maximum Gasteiger partial charge on any atom is 0.262 e. The number of hydrogen-bond acceptors (Lipinski definition) is 10. The number of hydrogen-bond donors (Lipinski definition) is 1. The topological polar surface area (TPSA) is 158 Å². The van der Waals surface area contributed by atoms with Crippen LogP contribution in [0.15, 0.2) is 83.8 Å². The summed E-state index contributed by atoms with van der Waals surface area (Å²) < 4.78 is 75.2. The Kier molecular flexibility index (Phi) is 11.2. The molecule has 5 aromatic rings. The predicted molar refractivity (Wildman–Crippen MR) is 228 cm³/mol. The van der Waals surface area contributed by atoms with Crippen molar-refractivity contribution in [1.82, 2.24) is 19.6 Å². The molecule has 0 bridgehead atoms. The molecule has 1 aliphatic heterocycles. The van der Waals surface area contributed by atoms with Crippen molar-refractivity contribution in [2.75, 3.05) is 6.54 Å². The Morgan fingerprint density at radius 1 is 1.03 bits per heavy atom. The molecule has 3 heterocycles. The lowest BCUT2D eigenvalue weighted by Gasteiger charge is -2.35. The van der Waals surface area contributed by atoms with Crippen molar-refractivity contribution >= 4 is 49.7 Å². The van der Waals surface area contributed by atoms with E-state index in [1.165, 1.54) is 11.0 Å². The van der Waals surface area contributed by atoms with Gasteiger partial charge in [0, 0.05) is 29.7 Å². The van der Waals surface area contributed by atoms with E-state index in [0.717, 1.165) is 17.5 Å². The Morgan fingerprint density at radius 2 is 1.76 bits per heavy atom. The van der Waals surface area contributed by atoms with Crippen LogP contribution >= 0.6 is 0 Å². The van der Waals surface area contributed by atoms with E-state index in [0.29, 0.717) is 46.6 Å².